The number of sulfonamides is 1. The Balaban J connectivity index is 2.16. The van der Waals surface area contributed by atoms with Crippen molar-refractivity contribution in [3.05, 3.63) is 15.8 Å². The first-order valence-corrected chi connectivity index (χ1v) is 7.52. The van der Waals surface area contributed by atoms with Gasteiger partial charge in [0.05, 0.1) is 11.5 Å². The highest BCUT2D eigenvalue weighted by Crippen LogP contribution is 2.29. The number of aliphatic hydroxyl groups excluding tert-OH is 1. The summed E-state index contributed by atoms with van der Waals surface area (Å²) < 4.78 is 26.5. The number of hydrogen-bond donors (Lipinski definition) is 2. The lowest BCUT2D eigenvalue weighted by atomic mass is 10.4. The average Bonchev–Trinajstić information content (AvgIpc) is 2.98. The Kier molecular flexibility index (Phi) is 3.34. The van der Waals surface area contributed by atoms with E-state index in [2.05, 4.69) is 4.72 Å². The quantitative estimate of drug-likeness (QED) is 0.838. The van der Waals surface area contributed by atoms with Crippen molar-refractivity contribution in [1.82, 2.24) is 4.72 Å². The Morgan fingerprint density at radius 1 is 1.56 bits per heavy atom. The molecule has 1 heterocycles. The lowest BCUT2D eigenvalue weighted by molar-refractivity contribution is 0.285. The standard InChI is InChI=1S/C10H15NO3S2/c1-7-10(4-9(6-12)15-7)16(13,14)11-5-8-2-3-8/h4,8,11-12H,2-3,5-6H2,1H3. The molecule has 0 aliphatic heterocycles. The SMILES string of the molecule is Cc1sc(CO)cc1S(=O)(=O)NCC1CC1. The highest BCUT2D eigenvalue weighted by molar-refractivity contribution is 7.89. The van der Waals surface area contributed by atoms with Crippen LogP contribution in [0.5, 0.6) is 0 Å². The van der Waals surface area contributed by atoms with Gasteiger partial charge in [-0.3, -0.25) is 0 Å². The molecule has 6 heteroatoms. The molecule has 4 nitrogen and oxygen atoms in total. The van der Waals surface area contributed by atoms with Crippen molar-refractivity contribution < 1.29 is 13.5 Å². The van der Waals surface area contributed by atoms with Gasteiger partial charge in [0.1, 0.15) is 0 Å². The molecule has 2 rings (SSSR count). The number of thiophene rings is 1. The van der Waals surface area contributed by atoms with Crippen LogP contribution in [0.25, 0.3) is 0 Å². The molecule has 90 valence electrons. The van der Waals surface area contributed by atoms with Crippen LogP contribution < -0.4 is 4.72 Å². The van der Waals surface area contributed by atoms with E-state index in [-0.39, 0.29) is 6.61 Å². The minimum absolute atomic E-state index is 0.107. The van der Waals surface area contributed by atoms with E-state index in [1.807, 2.05) is 0 Å². The van der Waals surface area contributed by atoms with Gasteiger partial charge < -0.3 is 5.11 Å². The molecule has 0 radical (unpaired) electrons. The molecule has 1 aromatic heterocycles. The summed E-state index contributed by atoms with van der Waals surface area (Å²) in [7, 11) is -3.39. The first-order chi connectivity index (χ1) is 7.53. The monoisotopic (exact) mass is 261 g/mol. The molecule has 1 saturated carbocycles. The fourth-order valence-electron chi connectivity index (χ4n) is 1.50. The van der Waals surface area contributed by atoms with Crippen LogP contribution in [0.3, 0.4) is 0 Å². The van der Waals surface area contributed by atoms with E-state index in [9.17, 15) is 8.42 Å². The predicted molar refractivity (Wildman–Crippen MR) is 62.9 cm³/mol. The Morgan fingerprint density at radius 2 is 2.25 bits per heavy atom. The van der Waals surface area contributed by atoms with Gasteiger partial charge >= 0.3 is 0 Å². The number of hydrogen-bond acceptors (Lipinski definition) is 4. The van der Waals surface area contributed by atoms with Gasteiger partial charge in [-0.15, -0.1) is 11.3 Å². The van der Waals surface area contributed by atoms with Gasteiger partial charge in [-0.05, 0) is 31.7 Å². The Labute approximate surface area is 99.4 Å². The van der Waals surface area contributed by atoms with Gasteiger partial charge in [0, 0.05) is 16.3 Å². The fraction of sp³-hybridized carbons (Fsp3) is 0.600. The lowest BCUT2D eigenvalue weighted by Gasteiger charge is -2.04. The molecule has 0 atom stereocenters. The minimum atomic E-state index is -3.39. The lowest BCUT2D eigenvalue weighted by Crippen LogP contribution is -2.25. The van der Waals surface area contributed by atoms with Crippen LogP contribution in [0.4, 0.5) is 0 Å². The summed E-state index contributed by atoms with van der Waals surface area (Å²) in [5.41, 5.74) is 0. The van der Waals surface area contributed by atoms with E-state index in [1.165, 1.54) is 11.3 Å². The van der Waals surface area contributed by atoms with Gasteiger partial charge in [-0.25, -0.2) is 13.1 Å². The van der Waals surface area contributed by atoms with Crippen molar-refractivity contribution in [2.24, 2.45) is 5.92 Å². The molecule has 1 aliphatic rings. The van der Waals surface area contributed by atoms with E-state index in [4.69, 9.17) is 5.11 Å². The molecule has 0 unspecified atom stereocenters. The van der Waals surface area contributed by atoms with Crippen molar-refractivity contribution >= 4 is 21.4 Å². The normalized spacial score (nSPS) is 16.6. The fourth-order valence-corrected chi connectivity index (χ4v) is 4.11. The van der Waals surface area contributed by atoms with Gasteiger partial charge in [0.2, 0.25) is 10.0 Å². The largest absolute Gasteiger partial charge is 0.391 e. The third-order valence-corrected chi connectivity index (χ3v) is 5.34. The van der Waals surface area contributed by atoms with Gasteiger partial charge in [-0.2, -0.15) is 0 Å². The van der Waals surface area contributed by atoms with Crippen molar-refractivity contribution in [2.75, 3.05) is 6.54 Å². The average molecular weight is 261 g/mol. The van der Waals surface area contributed by atoms with E-state index in [0.717, 1.165) is 17.7 Å². The zero-order chi connectivity index (χ0) is 11.8. The molecular weight excluding hydrogens is 246 g/mol. The number of aliphatic hydroxyl groups is 1. The maximum atomic E-state index is 11.9. The molecule has 0 spiro atoms. The summed E-state index contributed by atoms with van der Waals surface area (Å²) in [5, 5.41) is 8.96. The summed E-state index contributed by atoms with van der Waals surface area (Å²) >= 11 is 1.32. The third kappa shape index (κ3) is 2.63. The Hall–Kier alpha value is -0.430. The number of rotatable bonds is 5. The first-order valence-electron chi connectivity index (χ1n) is 5.23. The first kappa shape index (κ1) is 12.0. The van der Waals surface area contributed by atoms with E-state index in [0.29, 0.717) is 22.2 Å². The number of aryl methyl sites for hydroxylation is 1. The van der Waals surface area contributed by atoms with Crippen LogP contribution in [-0.4, -0.2) is 20.1 Å². The summed E-state index contributed by atoms with van der Waals surface area (Å²) in [6.45, 7) is 2.19. The molecule has 0 saturated heterocycles. The van der Waals surface area contributed by atoms with Gasteiger partial charge in [0.25, 0.3) is 0 Å². The van der Waals surface area contributed by atoms with Crippen LogP contribution in [0, 0.1) is 12.8 Å². The molecule has 0 bridgehead atoms. The molecule has 1 aromatic rings. The van der Waals surface area contributed by atoms with E-state index < -0.39 is 10.0 Å². The van der Waals surface area contributed by atoms with Crippen LogP contribution in [-0.2, 0) is 16.6 Å². The Bertz CT molecular complexity index is 474. The van der Waals surface area contributed by atoms with Crippen LogP contribution in [0.1, 0.15) is 22.6 Å². The van der Waals surface area contributed by atoms with Gasteiger partial charge in [-0.1, -0.05) is 0 Å². The molecule has 0 aromatic carbocycles. The minimum Gasteiger partial charge on any atom is -0.391 e. The predicted octanol–water partition coefficient (Wildman–Crippen LogP) is 1.24. The Morgan fingerprint density at radius 3 is 2.75 bits per heavy atom. The molecule has 1 fully saturated rings. The van der Waals surface area contributed by atoms with Crippen LogP contribution >= 0.6 is 11.3 Å². The smallest absolute Gasteiger partial charge is 0.241 e. The van der Waals surface area contributed by atoms with Gasteiger partial charge in [0.15, 0.2) is 0 Å². The van der Waals surface area contributed by atoms with Crippen molar-refractivity contribution in [3.63, 3.8) is 0 Å². The second-order valence-corrected chi connectivity index (χ2v) is 7.16. The molecule has 2 N–H and O–H groups in total. The van der Waals surface area contributed by atoms with E-state index >= 15 is 0 Å². The third-order valence-electron chi connectivity index (χ3n) is 2.63. The molecular formula is C10H15NO3S2. The summed E-state index contributed by atoms with van der Waals surface area (Å²) in [6.07, 6.45) is 2.24. The van der Waals surface area contributed by atoms with Crippen LogP contribution in [0.2, 0.25) is 0 Å². The van der Waals surface area contributed by atoms with Crippen molar-refractivity contribution in [1.29, 1.82) is 0 Å². The second-order valence-electron chi connectivity index (χ2n) is 4.09. The van der Waals surface area contributed by atoms with E-state index in [1.54, 1.807) is 13.0 Å². The zero-order valence-corrected chi connectivity index (χ0v) is 10.7. The maximum absolute atomic E-state index is 11.9. The van der Waals surface area contributed by atoms with Crippen molar-refractivity contribution in [2.45, 2.75) is 31.3 Å². The zero-order valence-electron chi connectivity index (χ0n) is 9.06. The summed E-state index contributed by atoms with van der Waals surface area (Å²) in [4.78, 5) is 1.72. The topological polar surface area (TPSA) is 66.4 Å². The molecule has 16 heavy (non-hydrogen) atoms. The summed E-state index contributed by atoms with van der Waals surface area (Å²) in [5.74, 6) is 0.519. The van der Waals surface area contributed by atoms with Crippen molar-refractivity contribution in [3.8, 4) is 0 Å². The molecule has 0 amide bonds. The highest BCUT2D eigenvalue weighted by atomic mass is 32.2. The number of nitrogens with one attached hydrogen (secondary N) is 1. The highest BCUT2D eigenvalue weighted by Gasteiger charge is 2.25. The second kappa shape index (κ2) is 4.44. The summed E-state index contributed by atoms with van der Waals surface area (Å²) in [6, 6.07) is 1.55. The van der Waals surface area contributed by atoms with Crippen LogP contribution in [0.15, 0.2) is 11.0 Å². The maximum Gasteiger partial charge on any atom is 0.241 e. The molecule has 1 aliphatic carbocycles.